The summed E-state index contributed by atoms with van der Waals surface area (Å²) >= 11 is 1.50. The van der Waals surface area contributed by atoms with E-state index in [1.165, 1.54) is 18.4 Å². The molecule has 0 aliphatic carbocycles. The van der Waals surface area contributed by atoms with Gasteiger partial charge in [-0.05, 0) is 0 Å². The third kappa shape index (κ3) is 3.28. The van der Waals surface area contributed by atoms with Crippen molar-refractivity contribution in [3.05, 3.63) is 16.1 Å². The topological polar surface area (TPSA) is 59.4 Å². The summed E-state index contributed by atoms with van der Waals surface area (Å²) in [5.41, 5.74) is 0.550. The predicted octanol–water partition coefficient (Wildman–Crippen LogP) is 1.86. The largest absolute Gasteiger partial charge is 0.469 e. The number of aromatic nitrogens is 1. The van der Waals surface area contributed by atoms with Gasteiger partial charge < -0.3 is 9.84 Å². The minimum Gasteiger partial charge on any atom is -0.469 e. The molecule has 0 fully saturated rings. The Morgan fingerprint density at radius 1 is 1.67 bits per heavy atom. The average molecular weight is 229 g/mol. The summed E-state index contributed by atoms with van der Waals surface area (Å²) < 4.78 is 4.47. The summed E-state index contributed by atoms with van der Waals surface area (Å²) in [6.45, 7) is 4.07. The summed E-state index contributed by atoms with van der Waals surface area (Å²) in [6.07, 6.45) is -0.904. The quantitative estimate of drug-likeness (QED) is 0.801. The standard InChI is InChI=1S/C10H15NO3S/c1-6(2)10-11-7(5-15-10)8(12)4-9(13)14-3/h5-6,8,12H,4H2,1-3H3/t8-/m1/s1. The first-order valence-electron chi connectivity index (χ1n) is 4.74. The molecule has 1 heterocycles. The Kier molecular flexibility index (Phi) is 4.23. The van der Waals surface area contributed by atoms with Crippen LogP contribution in [0, 0.1) is 0 Å². The van der Waals surface area contributed by atoms with Crippen molar-refractivity contribution in [3.8, 4) is 0 Å². The van der Waals surface area contributed by atoms with Crippen LogP contribution < -0.4 is 0 Å². The summed E-state index contributed by atoms with van der Waals surface area (Å²) in [5, 5.41) is 12.4. The predicted molar refractivity (Wildman–Crippen MR) is 57.8 cm³/mol. The van der Waals surface area contributed by atoms with Gasteiger partial charge in [0, 0.05) is 11.3 Å². The second kappa shape index (κ2) is 5.23. The van der Waals surface area contributed by atoms with Gasteiger partial charge in [0.25, 0.3) is 0 Å². The lowest BCUT2D eigenvalue weighted by Crippen LogP contribution is -2.08. The summed E-state index contributed by atoms with van der Waals surface area (Å²) in [4.78, 5) is 15.2. The molecule has 0 amide bonds. The van der Waals surface area contributed by atoms with Gasteiger partial charge in [-0.1, -0.05) is 13.8 Å². The number of rotatable bonds is 4. The Morgan fingerprint density at radius 2 is 2.33 bits per heavy atom. The number of carbonyl (C=O) groups excluding carboxylic acids is 1. The molecular weight excluding hydrogens is 214 g/mol. The van der Waals surface area contributed by atoms with E-state index in [2.05, 4.69) is 9.72 Å². The minimum atomic E-state index is -0.860. The van der Waals surface area contributed by atoms with Gasteiger partial charge in [-0.2, -0.15) is 0 Å². The van der Waals surface area contributed by atoms with E-state index in [-0.39, 0.29) is 6.42 Å². The maximum atomic E-state index is 10.9. The molecule has 1 N–H and O–H groups in total. The fourth-order valence-corrected chi connectivity index (χ4v) is 1.95. The van der Waals surface area contributed by atoms with E-state index >= 15 is 0 Å². The van der Waals surface area contributed by atoms with Crippen LogP contribution in [0.3, 0.4) is 0 Å². The molecule has 15 heavy (non-hydrogen) atoms. The fraction of sp³-hybridized carbons (Fsp3) is 0.600. The highest BCUT2D eigenvalue weighted by molar-refractivity contribution is 7.09. The van der Waals surface area contributed by atoms with E-state index in [1.807, 2.05) is 13.8 Å². The molecule has 0 spiro atoms. The van der Waals surface area contributed by atoms with Gasteiger partial charge in [0.05, 0.1) is 24.2 Å². The van der Waals surface area contributed by atoms with E-state index in [4.69, 9.17) is 0 Å². The molecule has 5 heteroatoms. The van der Waals surface area contributed by atoms with Crippen LogP contribution >= 0.6 is 11.3 Å². The third-order valence-electron chi connectivity index (χ3n) is 1.96. The van der Waals surface area contributed by atoms with E-state index in [9.17, 15) is 9.90 Å². The van der Waals surface area contributed by atoms with Crippen molar-refractivity contribution in [2.75, 3.05) is 7.11 Å². The number of hydrogen-bond acceptors (Lipinski definition) is 5. The highest BCUT2D eigenvalue weighted by atomic mass is 32.1. The van der Waals surface area contributed by atoms with Crippen LogP contribution in [0.4, 0.5) is 0 Å². The van der Waals surface area contributed by atoms with Gasteiger partial charge >= 0.3 is 5.97 Å². The van der Waals surface area contributed by atoms with Crippen LogP contribution in [0.25, 0.3) is 0 Å². The van der Waals surface area contributed by atoms with E-state index in [0.717, 1.165) is 5.01 Å². The lowest BCUT2D eigenvalue weighted by molar-refractivity contribution is -0.142. The molecule has 1 aromatic heterocycles. The highest BCUT2D eigenvalue weighted by Gasteiger charge is 2.17. The van der Waals surface area contributed by atoms with Gasteiger partial charge in [0.2, 0.25) is 0 Å². The molecule has 1 aromatic rings. The molecule has 0 bridgehead atoms. The molecule has 0 aliphatic rings. The fourth-order valence-electron chi connectivity index (χ4n) is 1.06. The van der Waals surface area contributed by atoms with Gasteiger partial charge in [-0.15, -0.1) is 11.3 Å². The number of carbonyl (C=O) groups is 1. The van der Waals surface area contributed by atoms with Crippen molar-refractivity contribution in [2.45, 2.75) is 32.3 Å². The monoisotopic (exact) mass is 229 g/mol. The second-order valence-electron chi connectivity index (χ2n) is 3.56. The first-order valence-corrected chi connectivity index (χ1v) is 5.62. The zero-order chi connectivity index (χ0) is 11.4. The van der Waals surface area contributed by atoms with E-state index in [1.54, 1.807) is 5.38 Å². The van der Waals surface area contributed by atoms with Crippen molar-refractivity contribution in [2.24, 2.45) is 0 Å². The number of esters is 1. The normalized spacial score (nSPS) is 12.9. The Hall–Kier alpha value is -0.940. The first kappa shape index (κ1) is 12.1. The van der Waals surface area contributed by atoms with Crippen molar-refractivity contribution in [1.29, 1.82) is 0 Å². The zero-order valence-corrected chi connectivity index (χ0v) is 9.87. The number of thiazole rings is 1. The van der Waals surface area contributed by atoms with Crippen LogP contribution in [0.2, 0.25) is 0 Å². The smallest absolute Gasteiger partial charge is 0.308 e. The Balaban J connectivity index is 2.65. The Bertz CT molecular complexity index is 335. The number of methoxy groups -OCH3 is 1. The number of hydrogen-bond donors (Lipinski definition) is 1. The molecule has 1 rings (SSSR count). The molecular formula is C10H15NO3S. The Labute approximate surface area is 92.9 Å². The second-order valence-corrected chi connectivity index (χ2v) is 4.45. The van der Waals surface area contributed by atoms with Gasteiger partial charge in [0.15, 0.2) is 0 Å². The number of nitrogens with zero attached hydrogens (tertiary/aromatic N) is 1. The Morgan fingerprint density at radius 3 is 2.80 bits per heavy atom. The number of ether oxygens (including phenoxy) is 1. The molecule has 1 atom stereocenters. The van der Waals surface area contributed by atoms with Crippen molar-refractivity contribution >= 4 is 17.3 Å². The van der Waals surface area contributed by atoms with E-state index in [0.29, 0.717) is 11.6 Å². The molecule has 0 aromatic carbocycles. The molecule has 0 radical (unpaired) electrons. The van der Waals surface area contributed by atoms with Crippen molar-refractivity contribution in [1.82, 2.24) is 4.98 Å². The lowest BCUT2D eigenvalue weighted by atomic mass is 10.2. The summed E-state index contributed by atoms with van der Waals surface area (Å²) in [7, 11) is 1.30. The zero-order valence-electron chi connectivity index (χ0n) is 9.06. The first-order chi connectivity index (χ1) is 7.04. The summed E-state index contributed by atoms with van der Waals surface area (Å²) in [5.74, 6) is -0.0873. The molecule has 0 saturated carbocycles. The molecule has 4 nitrogen and oxygen atoms in total. The van der Waals surface area contributed by atoms with Crippen molar-refractivity contribution in [3.63, 3.8) is 0 Å². The third-order valence-corrected chi connectivity index (χ3v) is 3.13. The SMILES string of the molecule is COC(=O)C[C@@H](O)c1csc(C(C)C)n1. The highest BCUT2D eigenvalue weighted by Crippen LogP contribution is 2.24. The van der Waals surface area contributed by atoms with Crippen LogP contribution in [0.5, 0.6) is 0 Å². The molecule has 0 unspecified atom stereocenters. The van der Waals surface area contributed by atoms with Crippen molar-refractivity contribution < 1.29 is 14.6 Å². The van der Waals surface area contributed by atoms with Gasteiger partial charge in [-0.3, -0.25) is 4.79 Å². The van der Waals surface area contributed by atoms with Crippen LogP contribution in [0.15, 0.2) is 5.38 Å². The maximum absolute atomic E-state index is 10.9. The van der Waals surface area contributed by atoms with Gasteiger partial charge in [0.1, 0.15) is 6.10 Å². The molecule has 0 saturated heterocycles. The minimum absolute atomic E-state index is 0.0439. The number of aliphatic hydroxyl groups is 1. The van der Waals surface area contributed by atoms with E-state index < -0.39 is 12.1 Å². The van der Waals surface area contributed by atoms with Gasteiger partial charge in [-0.25, -0.2) is 4.98 Å². The molecule has 0 aliphatic heterocycles. The lowest BCUT2D eigenvalue weighted by Gasteiger charge is -2.05. The van der Waals surface area contributed by atoms with Crippen LogP contribution in [-0.2, 0) is 9.53 Å². The van der Waals surface area contributed by atoms with Crippen LogP contribution in [-0.4, -0.2) is 23.2 Å². The summed E-state index contributed by atoms with van der Waals surface area (Å²) in [6, 6.07) is 0. The molecule has 84 valence electrons. The number of aliphatic hydroxyl groups excluding tert-OH is 1. The maximum Gasteiger partial charge on any atom is 0.308 e. The average Bonchev–Trinajstić information content (AvgIpc) is 2.66. The van der Waals surface area contributed by atoms with Crippen LogP contribution in [0.1, 0.15) is 43.0 Å².